The molecular weight excluding hydrogens is 224 g/mol. The second-order valence-electron chi connectivity index (χ2n) is 3.78. The molecule has 0 fully saturated rings. The Morgan fingerprint density at radius 2 is 1.82 bits per heavy atom. The molecular formula is C12H13O5. The summed E-state index contributed by atoms with van der Waals surface area (Å²) in [6.45, 7) is 7.10. The van der Waals surface area contributed by atoms with Crippen molar-refractivity contribution in [2.24, 2.45) is 0 Å². The average molecular weight is 237 g/mol. The predicted octanol–water partition coefficient (Wildman–Crippen LogP) is 2.05. The van der Waals surface area contributed by atoms with Gasteiger partial charge >= 0.3 is 11.9 Å². The van der Waals surface area contributed by atoms with Gasteiger partial charge in [-0.15, -0.1) is 0 Å². The van der Waals surface area contributed by atoms with E-state index >= 15 is 0 Å². The number of carbonyl (C=O) groups is 2. The number of carboxylic acid groups (broad SMARTS) is 2. The van der Waals surface area contributed by atoms with Gasteiger partial charge in [-0.2, -0.15) is 0 Å². The smallest absolute Gasteiger partial charge is 0.336 e. The molecule has 0 spiro atoms. The van der Waals surface area contributed by atoms with E-state index in [1.165, 1.54) is 12.1 Å². The minimum atomic E-state index is -1.32. The summed E-state index contributed by atoms with van der Waals surface area (Å²) in [6.07, 6.45) is -0.133. The highest BCUT2D eigenvalue weighted by Crippen LogP contribution is 2.23. The van der Waals surface area contributed by atoms with Crippen LogP contribution in [0.15, 0.2) is 12.1 Å². The van der Waals surface area contributed by atoms with Gasteiger partial charge in [0.1, 0.15) is 5.75 Å². The molecule has 0 saturated carbocycles. The van der Waals surface area contributed by atoms with Crippen molar-refractivity contribution in [1.29, 1.82) is 0 Å². The van der Waals surface area contributed by atoms with E-state index in [-0.39, 0.29) is 22.8 Å². The highest BCUT2D eigenvalue weighted by atomic mass is 16.5. The molecule has 0 unspecified atom stereocenters. The van der Waals surface area contributed by atoms with Gasteiger partial charge in [-0.25, -0.2) is 9.59 Å². The largest absolute Gasteiger partial charge is 0.491 e. The number of aromatic carboxylic acids is 2. The first-order chi connectivity index (χ1) is 7.82. The van der Waals surface area contributed by atoms with E-state index in [4.69, 9.17) is 14.9 Å². The lowest BCUT2D eigenvalue weighted by Gasteiger charge is -2.13. The summed E-state index contributed by atoms with van der Waals surface area (Å²) in [5.41, 5.74) is -0.512. The van der Waals surface area contributed by atoms with Crippen LogP contribution in [0.3, 0.4) is 0 Å². The lowest BCUT2D eigenvalue weighted by molar-refractivity contribution is 0.0650. The third kappa shape index (κ3) is 2.96. The fraction of sp³-hybridized carbons (Fsp3) is 0.250. The molecule has 5 heteroatoms. The first-order valence-electron chi connectivity index (χ1n) is 4.96. The zero-order valence-electron chi connectivity index (χ0n) is 9.56. The zero-order valence-corrected chi connectivity index (χ0v) is 9.56. The topological polar surface area (TPSA) is 83.8 Å². The summed E-state index contributed by atoms with van der Waals surface area (Å²) in [5.74, 6) is -2.34. The predicted molar refractivity (Wildman–Crippen MR) is 60.6 cm³/mol. The molecule has 17 heavy (non-hydrogen) atoms. The third-order valence-corrected chi connectivity index (χ3v) is 2.01. The lowest BCUT2D eigenvalue weighted by atomic mass is 10.0. The van der Waals surface area contributed by atoms with Crippen molar-refractivity contribution in [3.05, 3.63) is 35.7 Å². The lowest BCUT2D eigenvalue weighted by Crippen LogP contribution is -2.12. The van der Waals surface area contributed by atoms with Gasteiger partial charge in [0, 0.05) is 0 Å². The SMILES string of the molecule is [CH2]c1cc(OC(C)C)cc(C(=O)O)c1C(=O)O. The van der Waals surface area contributed by atoms with E-state index in [0.717, 1.165) is 0 Å². The molecule has 0 amide bonds. The molecule has 1 aromatic carbocycles. The van der Waals surface area contributed by atoms with Gasteiger partial charge in [0.05, 0.1) is 17.2 Å². The second-order valence-corrected chi connectivity index (χ2v) is 3.78. The summed E-state index contributed by atoms with van der Waals surface area (Å²) in [5, 5.41) is 17.9. The molecule has 0 bridgehead atoms. The van der Waals surface area contributed by atoms with Gasteiger partial charge in [0.15, 0.2) is 0 Å². The van der Waals surface area contributed by atoms with Gasteiger partial charge in [0.25, 0.3) is 0 Å². The van der Waals surface area contributed by atoms with Crippen molar-refractivity contribution >= 4 is 11.9 Å². The molecule has 0 aliphatic heterocycles. The maximum atomic E-state index is 11.0. The second kappa shape index (κ2) is 4.86. The Hall–Kier alpha value is -2.04. The zero-order chi connectivity index (χ0) is 13.2. The summed E-state index contributed by atoms with van der Waals surface area (Å²) in [4.78, 5) is 21.9. The van der Waals surface area contributed by atoms with Crippen LogP contribution in [0.5, 0.6) is 5.75 Å². The number of ether oxygens (including phenoxy) is 1. The van der Waals surface area contributed by atoms with Crippen LogP contribution in [0.4, 0.5) is 0 Å². The molecule has 2 N–H and O–H groups in total. The molecule has 0 saturated heterocycles. The van der Waals surface area contributed by atoms with Gasteiger partial charge < -0.3 is 14.9 Å². The number of hydrogen-bond acceptors (Lipinski definition) is 3. The molecule has 0 aromatic heterocycles. The molecule has 1 radical (unpaired) electrons. The van der Waals surface area contributed by atoms with E-state index in [1.54, 1.807) is 13.8 Å². The number of benzene rings is 1. The molecule has 0 atom stereocenters. The molecule has 5 nitrogen and oxygen atoms in total. The fourth-order valence-corrected chi connectivity index (χ4v) is 1.43. The van der Waals surface area contributed by atoms with Crippen LogP contribution in [0.2, 0.25) is 0 Å². The quantitative estimate of drug-likeness (QED) is 0.837. The average Bonchev–Trinajstić information content (AvgIpc) is 2.14. The highest BCUT2D eigenvalue weighted by Gasteiger charge is 2.20. The van der Waals surface area contributed by atoms with Crippen molar-refractivity contribution in [3.8, 4) is 5.75 Å². The standard InChI is InChI=1S/C12H13O5/c1-6(2)17-8-4-7(3)10(12(15)16)9(5-8)11(13)14/h4-6H,3H2,1-2H3,(H,13,14)(H,15,16). The Labute approximate surface area is 98.6 Å². The highest BCUT2D eigenvalue weighted by molar-refractivity contribution is 6.03. The van der Waals surface area contributed by atoms with Crippen LogP contribution in [0, 0.1) is 6.92 Å². The van der Waals surface area contributed by atoms with Gasteiger partial charge in [-0.05, 0) is 38.5 Å². The number of carboxylic acids is 2. The van der Waals surface area contributed by atoms with E-state index in [0.29, 0.717) is 5.75 Å². The van der Waals surface area contributed by atoms with Crippen LogP contribution >= 0.6 is 0 Å². The minimum absolute atomic E-state index is 0.119. The van der Waals surface area contributed by atoms with E-state index in [9.17, 15) is 9.59 Å². The van der Waals surface area contributed by atoms with Crippen LogP contribution in [0.25, 0.3) is 0 Å². The normalized spacial score (nSPS) is 10.4. The monoisotopic (exact) mass is 237 g/mol. The number of hydrogen-bond donors (Lipinski definition) is 2. The Bertz CT molecular complexity index is 462. The van der Waals surface area contributed by atoms with Gasteiger partial charge in [-0.1, -0.05) is 0 Å². The third-order valence-electron chi connectivity index (χ3n) is 2.01. The minimum Gasteiger partial charge on any atom is -0.491 e. The summed E-state index contributed by atoms with van der Waals surface area (Å²) in [7, 11) is 0. The first kappa shape index (κ1) is 13.0. The van der Waals surface area contributed by atoms with Crippen LogP contribution in [-0.4, -0.2) is 28.3 Å². The van der Waals surface area contributed by atoms with Gasteiger partial charge in [0.2, 0.25) is 0 Å². The fourth-order valence-electron chi connectivity index (χ4n) is 1.43. The summed E-state index contributed by atoms with van der Waals surface area (Å²) < 4.78 is 5.32. The Morgan fingerprint density at radius 1 is 1.24 bits per heavy atom. The van der Waals surface area contributed by atoms with E-state index < -0.39 is 11.9 Å². The van der Waals surface area contributed by atoms with Gasteiger partial charge in [-0.3, -0.25) is 0 Å². The van der Waals surface area contributed by atoms with Crippen LogP contribution in [0.1, 0.15) is 40.1 Å². The molecule has 1 aromatic rings. The first-order valence-corrected chi connectivity index (χ1v) is 4.96. The van der Waals surface area contributed by atoms with Crippen molar-refractivity contribution in [1.82, 2.24) is 0 Å². The summed E-state index contributed by atoms with van der Waals surface area (Å²) in [6, 6.07) is 2.61. The van der Waals surface area contributed by atoms with E-state index in [1.807, 2.05) is 0 Å². The Kier molecular flexibility index (Phi) is 3.73. The van der Waals surface area contributed by atoms with Crippen molar-refractivity contribution in [2.75, 3.05) is 0 Å². The summed E-state index contributed by atoms with van der Waals surface area (Å²) >= 11 is 0. The van der Waals surface area contributed by atoms with Crippen LogP contribution < -0.4 is 4.74 Å². The maximum absolute atomic E-state index is 11.0. The van der Waals surface area contributed by atoms with Crippen LogP contribution in [-0.2, 0) is 0 Å². The molecule has 1 rings (SSSR count). The Balaban J connectivity index is 3.36. The van der Waals surface area contributed by atoms with E-state index in [2.05, 4.69) is 6.92 Å². The van der Waals surface area contributed by atoms with Crippen molar-refractivity contribution < 1.29 is 24.5 Å². The molecule has 91 valence electrons. The molecule has 0 aliphatic rings. The van der Waals surface area contributed by atoms with Crippen molar-refractivity contribution in [3.63, 3.8) is 0 Å². The number of rotatable bonds is 4. The molecule has 0 aliphatic carbocycles. The molecule has 0 heterocycles. The Morgan fingerprint density at radius 3 is 2.24 bits per heavy atom. The van der Waals surface area contributed by atoms with Crippen molar-refractivity contribution in [2.45, 2.75) is 20.0 Å². The maximum Gasteiger partial charge on any atom is 0.336 e.